The fourth-order valence-corrected chi connectivity index (χ4v) is 6.29. The van der Waals surface area contributed by atoms with E-state index >= 15 is 0 Å². The van der Waals surface area contributed by atoms with Crippen LogP contribution >= 0.6 is 11.3 Å². The summed E-state index contributed by atoms with van der Waals surface area (Å²) >= 11 is 1.29. The van der Waals surface area contributed by atoms with Gasteiger partial charge in [-0.15, -0.1) is 0 Å². The van der Waals surface area contributed by atoms with Crippen molar-refractivity contribution in [2.45, 2.75) is 45.1 Å². The van der Waals surface area contributed by atoms with Crippen molar-refractivity contribution < 1.29 is 22.7 Å². The Kier molecular flexibility index (Phi) is 7.11. The van der Waals surface area contributed by atoms with Gasteiger partial charge in [-0.3, -0.25) is 9.59 Å². The standard InChI is InChI=1S/C24H28N4O5S2/c1-5-33-17-6-8-19-21(13-17)34-24(25-19)26-23(30)22(14(2)3)27-35(31,32)18-7-9-20-16(12-18)10-11-28(20)15(4)29/h6-9,12-14,22,27H,5,10-11H2,1-4H3,(H,25,26,30)/t22-/m1/s1. The molecule has 11 heteroatoms. The molecule has 0 aliphatic carbocycles. The molecule has 186 valence electrons. The fourth-order valence-electron chi connectivity index (χ4n) is 4.00. The first-order chi connectivity index (χ1) is 16.6. The zero-order valence-corrected chi connectivity index (χ0v) is 21.6. The minimum absolute atomic E-state index is 0.0588. The molecule has 0 saturated carbocycles. The number of nitrogens with one attached hydrogen (secondary N) is 2. The molecule has 0 unspecified atom stereocenters. The number of hydrogen-bond donors (Lipinski definition) is 2. The highest BCUT2D eigenvalue weighted by molar-refractivity contribution is 7.89. The van der Waals surface area contributed by atoms with E-state index in [2.05, 4.69) is 15.0 Å². The number of rotatable bonds is 8. The first-order valence-electron chi connectivity index (χ1n) is 11.4. The molecule has 1 atom stereocenters. The van der Waals surface area contributed by atoms with Crippen LogP contribution in [0, 0.1) is 5.92 Å². The van der Waals surface area contributed by atoms with Crippen LogP contribution in [-0.4, -0.2) is 44.4 Å². The van der Waals surface area contributed by atoms with Crippen LogP contribution in [0.25, 0.3) is 10.2 Å². The van der Waals surface area contributed by atoms with Crippen LogP contribution in [0.5, 0.6) is 5.75 Å². The van der Waals surface area contributed by atoms with E-state index in [-0.39, 0.29) is 16.7 Å². The third-order valence-electron chi connectivity index (χ3n) is 5.77. The van der Waals surface area contributed by atoms with E-state index in [9.17, 15) is 18.0 Å². The molecule has 2 amide bonds. The van der Waals surface area contributed by atoms with Crippen LogP contribution in [0.1, 0.15) is 33.3 Å². The topological polar surface area (TPSA) is 118 Å². The van der Waals surface area contributed by atoms with Crippen molar-refractivity contribution >= 4 is 54.2 Å². The number of fused-ring (bicyclic) bond motifs is 2. The number of carbonyl (C=O) groups is 2. The van der Waals surface area contributed by atoms with Gasteiger partial charge in [-0.1, -0.05) is 25.2 Å². The Labute approximate surface area is 208 Å². The molecule has 9 nitrogen and oxygen atoms in total. The van der Waals surface area contributed by atoms with Crippen LogP contribution in [-0.2, 0) is 26.0 Å². The summed E-state index contributed by atoms with van der Waals surface area (Å²) in [6.45, 7) is 7.99. The number of aromatic nitrogens is 1. The summed E-state index contributed by atoms with van der Waals surface area (Å²) in [7, 11) is -3.99. The van der Waals surface area contributed by atoms with Gasteiger partial charge < -0.3 is 15.0 Å². The summed E-state index contributed by atoms with van der Waals surface area (Å²) < 4.78 is 35.2. The maximum atomic E-state index is 13.2. The van der Waals surface area contributed by atoms with Crippen LogP contribution in [0.15, 0.2) is 41.3 Å². The first-order valence-corrected chi connectivity index (χ1v) is 13.7. The Balaban J connectivity index is 1.52. The second-order valence-electron chi connectivity index (χ2n) is 8.62. The van der Waals surface area contributed by atoms with Crippen molar-refractivity contribution in [3.05, 3.63) is 42.0 Å². The largest absolute Gasteiger partial charge is 0.494 e. The highest BCUT2D eigenvalue weighted by atomic mass is 32.2. The minimum Gasteiger partial charge on any atom is -0.494 e. The molecule has 0 spiro atoms. The number of hydrogen-bond acceptors (Lipinski definition) is 7. The summed E-state index contributed by atoms with van der Waals surface area (Å²) in [5.74, 6) is -0.170. The number of amides is 2. The average molecular weight is 517 g/mol. The summed E-state index contributed by atoms with van der Waals surface area (Å²) in [4.78, 5) is 31.0. The predicted molar refractivity (Wildman–Crippen MR) is 137 cm³/mol. The lowest BCUT2D eigenvalue weighted by atomic mass is 10.1. The molecule has 0 bridgehead atoms. The number of thiazole rings is 1. The Morgan fingerprint density at radius 1 is 1.20 bits per heavy atom. The molecule has 1 aromatic heterocycles. The summed E-state index contributed by atoms with van der Waals surface area (Å²) in [5.41, 5.74) is 2.22. The van der Waals surface area contributed by atoms with E-state index in [4.69, 9.17) is 4.74 Å². The number of nitrogens with zero attached hydrogens (tertiary/aromatic N) is 2. The molecule has 0 saturated heterocycles. The highest BCUT2D eigenvalue weighted by Gasteiger charge is 2.30. The van der Waals surface area contributed by atoms with Gasteiger partial charge in [-0.2, -0.15) is 4.72 Å². The molecule has 35 heavy (non-hydrogen) atoms. The molecular weight excluding hydrogens is 488 g/mol. The van der Waals surface area contributed by atoms with Crippen molar-refractivity contribution in [3.63, 3.8) is 0 Å². The lowest BCUT2D eigenvalue weighted by Gasteiger charge is -2.21. The molecule has 1 aliphatic rings. The van der Waals surface area contributed by atoms with Crippen LogP contribution < -0.4 is 19.7 Å². The molecule has 2 N–H and O–H groups in total. The van der Waals surface area contributed by atoms with Gasteiger partial charge in [0.2, 0.25) is 21.8 Å². The molecule has 0 radical (unpaired) electrons. The zero-order chi connectivity index (χ0) is 25.3. The van der Waals surface area contributed by atoms with Gasteiger partial charge in [0.05, 0.1) is 21.7 Å². The Morgan fingerprint density at radius 2 is 1.97 bits per heavy atom. The van der Waals surface area contributed by atoms with Crippen LogP contribution in [0.3, 0.4) is 0 Å². The second-order valence-corrected chi connectivity index (χ2v) is 11.4. The van der Waals surface area contributed by atoms with Crippen LogP contribution in [0.4, 0.5) is 10.8 Å². The summed E-state index contributed by atoms with van der Waals surface area (Å²) in [6.07, 6.45) is 0.578. The molecule has 4 rings (SSSR count). The van der Waals surface area contributed by atoms with Gasteiger partial charge >= 0.3 is 0 Å². The average Bonchev–Trinajstić information content (AvgIpc) is 3.40. The van der Waals surface area contributed by atoms with Crippen LogP contribution in [0.2, 0.25) is 0 Å². The highest BCUT2D eigenvalue weighted by Crippen LogP contribution is 2.31. The minimum atomic E-state index is -3.99. The van der Waals surface area contributed by atoms with E-state index < -0.39 is 22.0 Å². The Hall–Kier alpha value is -3.02. The van der Waals surface area contributed by atoms with E-state index in [0.717, 1.165) is 21.7 Å². The smallest absolute Gasteiger partial charge is 0.244 e. The third kappa shape index (κ3) is 5.31. The van der Waals surface area contributed by atoms with E-state index in [1.165, 1.54) is 24.3 Å². The maximum Gasteiger partial charge on any atom is 0.244 e. The normalized spacial score (nSPS) is 14.3. The fraction of sp³-hybridized carbons (Fsp3) is 0.375. The van der Waals surface area contributed by atoms with Gasteiger partial charge in [0.1, 0.15) is 11.8 Å². The number of anilines is 2. The number of benzene rings is 2. The summed E-state index contributed by atoms with van der Waals surface area (Å²) in [5, 5.41) is 3.13. The van der Waals surface area contributed by atoms with E-state index in [1.807, 2.05) is 25.1 Å². The van der Waals surface area contributed by atoms with Gasteiger partial charge in [-0.05, 0) is 61.2 Å². The quantitative estimate of drug-likeness (QED) is 0.473. The molecule has 0 fully saturated rings. The summed E-state index contributed by atoms with van der Waals surface area (Å²) in [6, 6.07) is 9.15. The Morgan fingerprint density at radius 3 is 2.66 bits per heavy atom. The van der Waals surface area contributed by atoms with Gasteiger partial charge in [0.25, 0.3) is 0 Å². The molecule has 2 aromatic carbocycles. The Bertz CT molecular complexity index is 1380. The zero-order valence-electron chi connectivity index (χ0n) is 20.0. The lowest BCUT2D eigenvalue weighted by Crippen LogP contribution is -2.47. The number of carbonyl (C=O) groups excluding carboxylic acids is 2. The molecule has 1 aliphatic heterocycles. The van der Waals surface area contributed by atoms with E-state index in [0.29, 0.717) is 30.2 Å². The SMILES string of the molecule is CCOc1ccc2nc(NC(=O)[C@H](NS(=O)(=O)c3ccc4c(c3)CCN4C(C)=O)C(C)C)sc2c1. The van der Waals surface area contributed by atoms with Gasteiger partial charge in [0, 0.05) is 19.2 Å². The van der Waals surface area contributed by atoms with Crippen molar-refractivity contribution in [2.75, 3.05) is 23.4 Å². The van der Waals surface area contributed by atoms with Crippen molar-refractivity contribution in [1.82, 2.24) is 9.71 Å². The van der Waals surface area contributed by atoms with Crippen molar-refractivity contribution in [1.29, 1.82) is 0 Å². The maximum absolute atomic E-state index is 13.2. The third-order valence-corrected chi connectivity index (χ3v) is 8.14. The van der Waals surface area contributed by atoms with Gasteiger partial charge in [-0.25, -0.2) is 13.4 Å². The lowest BCUT2D eigenvalue weighted by molar-refractivity contribution is -0.118. The second kappa shape index (κ2) is 9.92. The van der Waals surface area contributed by atoms with Crippen molar-refractivity contribution in [3.8, 4) is 5.75 Å². The molecular formula is C24H28N4O5S2. The first kappa shape index (κ1) is 25.1. The van der Waals surface area contributed by atoms with E-state index in [1.54, 1.807) is 30.9 Å². The number of sulfonamides is 1. The number of ether oxygens (including phenoxy) is 1. The monoisotopic (exact) mass is 516 g/mol. The molecule has 2 heterocycles. The molecule has 3 aromatic rings. The van der Waals surface area contributed by atoms with Gasteiger partial charge in [0.15, 0.2) is 5.13 Å². The van der Waals surface area contributed by atoms with Crippen molar-refractivity contribution in [2.24, 2.45) is 5.92 Å². The predicted octanol–water partition coefficient (Wildman–Crippen LogP) is 3.55.